The van der Waals surface area contributed by atoms with Gasteiger partial charge in [0, 0.05) is 18.0 Å². The highest BCUT2D eigenvalue weighted by Crippen LogP contribution is 2.61. The second kappa shape index (κ2) is 6.36. The van der Waals surface area contributed by atoms with Gasteiger partial charge in [0.1, 0.15) is 34.8 Å². The van der Waals surface area contributed by atoms with Crippen molar-refractivity contribution in [2.45, 2.75) is 37.8 Å². The molecule has 3 aromatic rings. The van der Waals surface area contributed by atoms with E-state index in [-0.39, 0.29) is 35.1 Å². The van der Waals surface area contributed by atoms with Gasteiger partial charge >= 0.3 is 0 Å². The van der Waals surface area contributed by atoms with E-state index in [4.69, 9.17) is 11.8 Å². The molecule has 0 aromatic carbocycles. The minimum absolute atomic E-state index is 0. The number of nitrogens with one attached hydrogen (secondary N) is 3. The standard InChI is InChI=1S/C19H18ClN7O2.ClH/c20-27-19(8-18(9-19)5-1-6-18)25-16(28)13-3-2-12(17(29)26(13)27)24-15-11-4-7-21-14(11)22-10-23-15;/h2-4,7,10H,1,5-6,8-9H2,(H,25,28)(H2,21,22,23,24);1H. The first-order valence-electron chi connectivity index (χ1n) is 9.60. The van der Waals surface area contributed by atoms with E-state index in [2.05, 4.69) is 25.6 Å². The van der Waals surface area contributed by atoms with Crippen molar-refractivity contribution >= 4 is 52.6 Å². The maximum atomic E-state index is 13.3. The van der Waals surface area contributed by atoms with Gasteiger partial charge in [-0.2, -0.15) is 9.20 Å². The summed E-state index contributed by atoms with van der Waals surface area (Å²) in [6.45, 7) is 0. The maximum absolute atomic E-state index is 13.3. The van der Waals surface area contributed by atoms with Crippen LogP contribution >= 0.6 is 24.2 Å². The van der Waals surface area contributed by atoms with Gasteiger partial charge in [-0.3, -0.25) is 9.59 Å². The summed E-state index contributed by atoms with van der Waals surface area (Å²) in [7, 11) is 0. The highest BCUT2D eigenvalue weighted by molar-refractivity contribution is 6.23. The summed E-state index contributed by atoms with van der Waals surface area (Å²) in [6, 6.07) is 5.00. The Morgan fingerprint density at radius 2 is 1.93 bits per heavy atom. The van der Waals surface area contributed by atoms with Crippen LogP contribution in [0.5, 0.6) is 0 Å². The summed E-state index contributed by atoms with van der Waals surface area (Å²) >= 11 is 6.66. The van der Waals surface area contributed by atoms with Crippen LogP contribution in [0.1, 0.15) is 42.6 Å². The molecule has 0 atom stereocenters. The lowest BCUT2D eigenvalue weighted by Crippen LogP contribution is -2.76. The molecule has 0 bridgehead atoms. The SMILES string of the molecule is Cl.O=C1NC2(CC3(CCC3)C2)N(Cl)n2c1ccc(Nc1ncnc3[nH]ccc13)c2=O. The van der Waals surface area contributed by atoms with Gasteiger partial charge in [0.05, 0.1) is 5.39 Å². The smallest absolute Gasteiger partial charge is 0.294 e. The number of hydrogen-bond acceptors (Lipinski definition) is 6. The molecule has 1 amide bonds. The number of nitrogens with zero attached hydrogens (tertiary/aromatic N) is 4. The van der Waals surface area contributed by atoms with E-state index in [1.807, 2.05) is 6.07 Å². The van der Waals surface area contributed by atoms with E-state index in [9.17, 15) is 9.59 Å². The van der Waals surface area contributed by atoms with Crippen LogP contribution in [0.4, 0.5) is 11.5 Å². The number of carbonyl (C=O) groups excluding carboxylic acids is 1. The third kappa shape index (κ3) is 2.48. The Morgan fingerprint density at radius 1 is 1.13 bits per heavy atom. The number of pyridine rings is 1. The first-order chi connectivity index (χ1) is 14.0. The largest absolute Gasteiger partial charge is 0.346 e. The van der Waals surface area contributed by atoms with Crippen LogP contribution in [0, 0.1) is 5.41 Å². The van der Waals surface area contributed by atoms with Crippen LogP contribution in [0.25, 0.3) is 11.0 Å². The highest BCUT2D eigenvalue weighted by Gasteiger charge is 2.62. The van der Waals surface area contributed by atoms with Crippen molar-refractivity contribution in [1.82, 2.24) is 24.9 Å². The third-order valence-corrected chi connectivity index (χ3v) is 7.00. The summed E-state index contributed by atoms with van der Waals surface area (Å²) in [5, 5.41) is 6.85. The molecule has 4 heterocycles. The molecule has 9 nitrogen and oxygen atoms in total. The van der Waals surface area contributed by atoms with Gasteiger partial charge < -0.3 is 15.6 Å². The average molecular weight is 448 g/mol. The fourth-order valence-electron chi connectivity index (χ4n) is 5.02. The molecule has 2 aliphatic carbocycles. The molecule has 2 fully saturated rings. The summed E-state index contributed by atoms with van der Waals surface area (Å²) in [6.07, 6.45) is 8.20. The molecular weight excluding hydrogens is 429 g/mol. The van der Waals surface area contributed by atoms with E-state index >= 15 is 0 Å². The Labute approximate surface area is 182 Å². The van der Waals surface area contributed by atoms with Gasteiger partial charge in [0.2, 0.25) is 0 Å². The van der Waals surface area contributed by atoms with Gasteiger partial charge in [-0.05, 0) is 49.3 Å². The lowest BCUT2D eigenvalue weighted by atomic mass is 9.51. The zero-order valence-corrected chi connectivity index (χ0v) is 17.4. The van der Waals surface area contributed by atoms with E-state index in [1.165, 1.54) is 22.0 Å². The molecule has 1 aliphatic heterocycles. The predicted octanol–water partition coefficient (Wildman–Crippen LogP) is 2.78. The molecule has 6 rings (SSSR count). The number of hydrogen-bond donors (Lipinski definition) is 3. The Hall–Kier alpha value is -2.78. The van der Waals surface area contributed by atoms with Crippen molar-refractivity contribution in [2.24, 2.45) is 5.41 Å². The molecule has 156 valence electrons. The van der Waals surface area contributed by atoms with Crippen molar-refractivity contribution < 1.29 is 4.79 Å². The fraction of sp³-hybridized carbons (Fsp3) is 0.368. The number of anilines is 2. The zero-order valence-electron chi connectivity index (χ0n) is 15.8. The maximum Gasteiger partial charge on any atom is 0.294 e. The zero-order chi connectivity index (χ0) is 19.8. The van der Waals surface area contributed by atoms with Crippen LogP contribution in [0.3, 0.4) is 0 Å². The van der Waals surface area contributed by atoms with Crippen molar-refractivity contribution in [1.29, 1.82) is 0 Å². The van der Waals surface area contributed by atoms with Gasteiger partial charge in [0.15, 0.2) is 0 Å². The number of carbonyl (C=O) groups is 1. The Bertz CT molecular complexity index is 1230. The highest BCUT2D eigenvalue weighted by atomic mass is 35.5. The van der Waals surface area contributed by atoms with Gasteiger partial charge in [-0.25, -0.2) is 9.97 Å². The second-order valence-corrected chi connectivity index (χ2v) is 8.61. The van der Waals surface area contributed by atoms with E-state index in [0.717, 1.165) is 31.1 Å². The topological polar surface area (TPSA) is 108 Å². The van der Waals surface area contributed by atoms with Crippen LogP contribution in [-0.2, 0) is 0 Å². The van der Waals surface area contributed by atoms with Crippen molar-refractivity contribution in [3.8, 4) is 0 Å². The molecule has 30 heavy (non-hydrogen) atoms. The summed E-state index contributed by atoms with van der Waals surface area (Å²) in [5.74, 6) is 0.219. The second-order valence-electron chi connectivity index (χ2n) is 8.29. The van der Waals surface area contributed by atoms with Crippen LogP contribution < -0.4 is 20.7 Å². The molecule has 2 saturated carbocycles. The summed E-state index contributed by atoms with van der Waals surface area (Å²) in [4.78, 5) is 37.4. The Balaban J connectivity index is 0.00000193. The molecule has 3 aromatic heterocycles. The predicted molar refractivity (Wildman–Crippen MR) is 115 cm³/mol. The molecular formula is C19H19Cl2N7O2. The quantitative estimate of drug-likeness (QED) is 0.521. The van der Waals surface area contributed by atoms with Crippen LogP contribution in [0.2, 0.25) is 0 Å². The summed E-state index contributed by atoms with van der Waals surface area (Å²) < 4.78 is 2.65. The van der Waals surface area contributed by atoms with E-state index in [1.54, 1.807) is 18.3 Å². The van der Waals surface area contributed by atoms with Crippen molar-refractivity contribution in [2.75, 3.05) is 9.84 Å². The molecule has 3 aliphatic rings. The number of amides is 1. The van der Waals surface area contributed by atoms with Gasteiger partial charge in [-0.1, -0.05) is 6.42 Å². The number of rotatable bonds is 2. The first kappa shape index (κ1) is 19.2. The number of fused-ring (bicyclic) bond motifs is 2. The molecule has 0 unspecified atom stereocenters. The molecule has 11 heteroatoms. The number of halogens is 2. The molecule has 3 N–H and O–H groups in total. The fourth-order valence-corrected chi connectivity index (χ4v) is 5.33. The lowest BCUT2D eigenvalue weighted by Gasteiger charge is -2.63. The summed E-state index contributed by atoms with van der Waals surface area (Å²) in [5.41, 5.74) is 0.310. The Morgan fingerprint density at radius 3 is 2.67 bits per heavy atom. The third-order valence-electron chi connectivity index (χ3n) is 6.52. The van der Waals surface area contributed by atoms with Crippen LogP contribution in [-0.4, -0.2) is 31.2 Å². The average Bonchev–Trinajstić information content (AvgIpc) is 3.12. The normalized spacial score (nSPS) is 20.2. The first-order valence-corrected chi connectivity index (χ1v) is 9.94. The lowest BCUT2D eigenvalue weighted by molar-refractivity contribution is -0.0632. The van der Waals surface area contributed by atoms with Gasteiger partial charge in [-0.15, -0.1) is 12.4 Å². The van der Waals surface area contributed by atoms with E-state index < -0.39 is 11.2 Å². The molecule has 0 radical (unpaired) electrons. The van der Waals surface area contributed by atoms with Crippen molar-refractivity contribution in [3.63, 3.8) is 0 Å². The molecule has 2 spiro atoms. The number of aromatic nitrogens is 4. The Kier molecular flexibility index (Phi) is 4.07. The molecule has 0 saturated heterocycles. The number of H-pyrrole nitrogens is 1. The van der Waals surface area contributed by atoms with Gasteiger partial charge in [0.25, 0.3) is 11.5 Å². The van der Waals surface area contributed by atoms with Crippen molar-refractivity contribution in [3.05, 3.63) is 46.8 Å². The minimum atomic E-state index is -0.711. The number of aromatic amines is 1. The van der Waals surface area contributed by atoms with E-state index in [0.29, 0.717) is 11.5 Å². The van der Waals surface area contributed by atoms with Crippen LogP contribution in [0.15, 0.2) is 35.5 Å². The minimum Gasteiger partial charge on any atom is -0.346 e. The monoisotopic (exact) mass is 447 g/mol.